The first-order valence-corrected chi connectivity index (χ1v) is 7.13. The molecule has 2 aliphatic rings. The maximum Gasteiger partial charge on any atom is 0.318 e. The highest BCUT2D eigenvalue weighted by atomic mass is 16.2. The second kappa shape index (κ2) is 6.59. The Morgan fingerprint density at radius 1 is 1.32 bits per heavy atom. The molecule has 0 radical (unpaired) electrons. The zero-order chi connectivity index (χ0) is 13.7. The van der Waals surface area contributed by atoms with Gasteiger partial charge in [-0.1, -0.05) is 12.2 Å². The number of hydrogen-bond donors (Lipinski definition) is 2. The van der Waals surface area contributed by atoms with Gasteiger partial charge in [0.25, 0.3) is 0 Å². The van der Waals surface area contributed by atoms with Gasteiger partial charge in [-0.25, -0.2) is 4.79 Å². The molecule has 0 saturated carbocycles. The van der Waals surface area contributed by atoms with Crippen molar-refractivity contribution in [3.8, 4) is 0 Å². The predicted octanol–water partition coefficient (Wildman–Crippen LogP) is 1.26. The summed E-state index contributed by atoms with van der Waals surface area (Å²) in [5, 5.41) is 5.60. The second-order valence-corrected chi connectivity index (χ2v) is 5.30. The fourth-order valence-electron chi connectivity index (χ4n) is 2.82. The number of urea groups is 1. The summed E-state index contributed by atoms with van der Waals surface area (Å²) in [6, 6.07) is -0.392. The van der Waals surface area contributed by atoms with E-state index in [4.69, 9.17) is 0 Å². The number of likely N-dealkylation sites (tertiary alicyclic amines) is 1. The van der Waals surface area contributed by atoms with Gasteiger partial charge in [0.2, 0.25) is 5.91 Å². The van der Waals surface area contributed by atoms with Gasteiger partial charge in [0.05, 0.1) is 0 Å². The maximum atomic E-state index is 12.1. The van der Waals surface area contributed by atoms with E-state index in [9.17, 15) is 9.59 Å². The van der Waals surface area contributed by atoms with Crippen LogP contribution in [0.25, 0.3) is 0 Å². The van der Waals surface area contributed by atoms with Gasteiger partial charge in [-0.3, -0.25) is 4.79 Å². The Bertz CT molecular complexity index is 368. The zero-order valence-electron chi connectivity index (χ0n) is 11.5. The highest BCUT2D eigenvalue weighted by molar-refractivity contribution is 5.87. The third-order valence-corrected chi connectivity index (χ3v) is 3.98. The summed E-state index contributed by atoms with van der Waals surface area (Å²) in [7, 11) is 1.62. The van der Waals surface area contributed by atoms with Gasteiger partial charge in [-0.2, -0.15) is 0 Å². The first-order valence-electron chi connectivity index (χ1n) is 7.13. The standard InChI is InChI=1S/C14H23N3O2/c1-15-13(18)12-8-5-9-17(12)14(19)16-10-11-6-3-2-4-7-11/h2-3,11-12H,4-10H2,1H3,(H,15,18)(H,16,19)/t11-,12-/m1/s1. The van der Waals surface area contributed by atoms with Crippen LogP contribution in [0.3, 0.4) is 0 Å². The molecule has 1 heterocycles. The van der Waals surface area contributed by atoms with Crippen molar-refractivity contribution in [2.24, 2.45) is 5.92 Å². The Labute approximate surface area is 114 Å². The van der Waals surface area contributed by atoms with Crippen LogP contribution in [0.5, 0.6) is 0 Å². The zero-order valence-corrected chi connectivity index (χ0v) is 11.5. The number of likely N-dealkylation sites (N-methyl/N-ethyl adjacent to an activating group) is 1. The molecule has 2 N–H and O–H groups in total. The van der Waals surface area contributed by atoms with Crippen LogP contribution in [-0.2, 0) is 4.79 Å². The highest BCUT2D eigenvalue weighted by Gasteiger charge is 2.33. The van der Waals surface area contributed by atoms with Gasteiger partial charge >= 0.3 is 6.03 Å². The lowest BCUT2D eigenvalue weighted by Crippen LogP contribution is -2.49. The van der Waals surface area contributed by atoms with Crippen LogP contribution in [-0.4, -0.2) is 43.0 Å². The number of amides is 3. The molecule has 0 unspecified atom stereocenters. The molecule has 2 rings (SSSR count). The highest BCUT2D eigenvalue weighted by Crippen LogP contribution is 2.19. The Morgan fingerprint density at radius 2 is 2.16 bits per heavy atom. The third kappa shape index (κ3) is 3.49. The largest absolute Gasteiger partial charge is 0.357 e. The van der Waals surface area contributed by atoms with E-state index in [0.29, 0.717) is 19.0 Å². The van der Waals surface area contributed by atoms with Crippen LogP contribution in [0.15, 0.2) is 12.2 Å². The van der Waals surface area contributed by atoms with Gasteiger partial charge in [0.1, 0.15) is 6.04 Å². The SMILES string of the molecule is CNC(=O)[C@H]1CCCN1C(=O)NC[C@@H]1CC=CCC1. The average molecular weight is 265 g/mol. The Kier molecular flexibility index (Phi) is 4.82. The van der Waals surface area contributed by atoms with E-state index in [-0.39, 0.29) is 18.0 Å². The monoisotopic (exact) mass is 265 g/mol. The quantitative estimate of drug-likeness (QED) is 0.755. The second-order valence-electron chi connectivity index (χ2n) is 5.30. The molecular formula is C14H23N3O2. The molecule has 19 heavy (non-hydrogen) atoms. The molecule has 1 aliphatic carbocycles. The number of allylic oxidation sites excluding steroid dienone is 2. The van der Waals surface area contributed by atoms with Gasteiger partial charge in [0.15, 0.2) is 0 Å². The molecule has 106 valence electrons. The van der Waals surface area contributed by atoms with E-state index in [1.807, 2.05) is 0 Å². The van der Waals surface area contributed by atoms with Gasteiger partial charge in [-0.05, 0) is 38.0 Å². The molecule has 1 saturated heterocycles. The van der Waals surface area contributed by atoms with Crippen molar-refractivity contribution in [1.29, 1.82) is 0 Å². The summed E-state index contributed by atoms with van der Waals surface area (Å²) in [5.41, 5.74) is 0. The lowest BCUT2D eigenvalue weighted by atomic mass is 9.94. The van der Waals surface area contributed by atoms with Crippen LogP contribution >= 0.6 is 0 Å². The van der Waals surface area contributed by atoms with Gasteiger partial charge in [-0.15, -0.1) is 0 Å². The van der Waals surface area contributed by atoms with Gasteiger partial charge in [0, 0.05) is 20.1 Å². The molecule has 0 bridgehead atoms. The maximum absolute atomic E-state index is 12.1. The first-order chi connectivity index (χ1) is 9.22. The Balaban J connectivity index is 1.81. The molecule has 5 nitrogen and oxygen atoms in total. The summed E-state index contributed by atoms with van der Waals surface area (Å²) >= 11 is 0. The third-order valence-electron chi connectivity index (χ3n) is 3.98. The first kappa shape index (κ1) is 13.9. The number of hydrogen-bond acceptors (Lipinski definition) is 2. The molecule has 1 aliphatic heterocycles. The number of rotatable bonds is 3. The molecule has 1 fully saturated rings. The van der Waals surface area contributed by atoms with E-state index >= 15 is 0 Å². The van der Waals surface area contributed by atoms with Crippen molar-refractivity contribution >= 4 is 11.9 Å². The lowest BCUT2D eigenvalue weighted by molar-refractivity contribution is -0.124. The Hall–Kier alpha value is -1.52. The van der Waals surface area contributed by atoms with E-state index < -0.39 is 0 Å². The molecule has 0 spiro atoms. The summed E-state index contributed by atoms with van der Waals surface area (Å²) in [6.07, 6.45) is 9.32. The van der Waals surface area contributed by atoms with Crippen molar-refractivity contribution in [3.05, 3.63) is 12.2 Å². The van der Waals surface area contributed by atoms with Crippen LogP contribution in [0.4, 0.5) is 4.79 Å². The molecular weight excluding hydrogens is 242 g/mol. The van der Waals surface area contributed by atoms with Crippen molar-refractivity contribution in [2.45, 2.75) is 38.1 Å². The average Bonchev–Trinajstić information content (AvgIpc) is 2.94. The minimum atomic E-state index is -0.295. The van der Waals surface area contributed by atoms with Crippen LogP contribution in [0.1, 0.15) is 32.1 Å². The van der Waals surface area contributed by atoms with E-state index in [2.05, 4.69) is 22.8 Å². The smallest absolute Gasteiger partial charge is 0.318 e. The van der Waals surface area contributed by atoms with Crippen molar-refractivity contribution < 1.29 is 9.59 Å². The van der Waals surface area contributed by atoms with E-state index in [1.54, 1.807) is 11.9 Å². The number of carbonyl (C=O) groups is 2. The van der Waals surface area contributed by atoms with Crippen LogP contribution < -0.4 is 10.6 Å². The number of carbonyl (C=O) groups excluding carboxylic acids is 2. The molecule has 2 atom stereocenters. The summed E-state index contributed by atoms with van der Waals surface area (Å²) in [5.74, 6) is 0.475. The molecule has 0 aromatic carbocycles. The molecule has 5 heteroatoms. The van der Waals surface area contributed by atoms with Gasteiger partial charge < -0.3 is 15.5 Å². The van der Waals surface area contributed by atoms with Crippen LogP contribution in [0.2, 0.25) is 0 Å². The predicted molar refractivity (Wildman–Crippen MR) is 73.7 cm³/mol. The summed E-state index contributed by atoms with van der Waals surface area (Å²) < 4.78 is 0. The van der Waals surface area contributed by atoms with E-state index in [1.165, 1.54) is 0 Å². The molecule has 0 aromatic heterocycles. The van der Waals surface area contributed by atoms with Crippen molar-refractivity contribution in [3.63, 3.8) is 0 Å². The van der Waals surface area contributed by atoms with Crippen LogP contribution in [0, 0.1) is 5.92 Å². The lowest BCUT2D eigenvalue weighted by Gasteiger charge is -2.25. The fraction of sp³-hybridized carbons (Fsp3) is 0.714. The normalized spacial score (nSPS) is 26.3. The topological polar surface area (TPSA) is 61.4 Å². The minimum Gasteiger partial charge on any atom is -0.357 e. The van der Waals surface area contributed by atoms with Crippen molar-refractivity contribution in [1.82, 2.24) is 15.5 Å². The molecule has 3 amide bonds. The summed E-state index contributed by atoms with van der Waals surface area (Å²) in [4.78, 5) is 25.5. The Morgan fingerprint density at radius 3 is 2.84 bits per heavy atom. The number of nitrogens with zero attached hydrogens (tertiary/aromatic N) is 1. The number of nitrogens with one attached hydrogen (secondary N) is 2. The summed E-state index contributed by atoms with van der Waals surface area (Å²) in [6.45, 7) is 1.38. The van der Waals surface area contributed by atoms with Crippen molar-refractivity contribution in [2.75, 3.05) is 20.1 Å². The molecule has 0 aromatic rings. The fourth-order valence-corrected chi connectivity index (χ4v) is 2.82. The minimum absolute atomic E-state index is 0.0618. The van der Waals surface area contributed by atoms with E-state index in [0.717, 1.165) is 32.1 Å².